The van der Waals surface area contributed by atoms with Crippen LogP contribution in [-0.2, 0) is 20.8 Å². The van der Waals surface area contributed by atoms with E-state index in [0.29, 0.717) is 19.5 Å². The summed E-state index contributed by atoms with van der Waals surface area (Å²) in [5.74, 6) is -1.33. The van der Waals surface area contributed by atoms with E-state index in [0.717, 1.165) is 44.1 Å². The molecule has 35 heavy (non-hydrogen) atoms. The van der Waals surface area contributed by atoms with Gasteiger partial charge in [0.15, 0.2) is 0 Å². The lowest BCUT2D eigenvalue weighted by Gasteiger charge is -2.37. The Morgan fingerprint density at radius 2 is 1.86 bits per heavy atom. The van der Waals surface area contributed by atoms with E-state index in [1.807, 2.05) is 37.3 Å². The maximum atomic E-state index is 14.1. The lowest BCUT2D eigenvalue weighted by atomic mass is 9.70. The van der Waals surface area contributed by atoms with Crippen molar-refractivity contribution in [3.63, 3.8) is 0 Å². The minimum Gasteiger partial charge on any atom is -0.394 e. The molecule has 1 aromatic rings. The van der Waals surface area contributed by atoms with Gasteiger partial charge in [-0.2, -0.15) is 0 Å². The molecular formula is C27H39N3O4S. The number of amides is 3. The molecule has 3 fully saturated rings. The SMILES string of the molecule is CCCCCNC(=O)C1N([C@@H](CO)Cc2ccccc2)C(=O)[C@@H]2[C@H](C(=O)NCCC)[C@@H]3CCC12S3. The molecule has 1 aromatic carbocycles. The van der Waals surface area contributed by atoms with Gasteiger partial charge in [0.1, 0.15) is 6.04 Å². The monoisotopic (exact) mass is 501 g/mol. The third-order valence-electron chi connectivity index (χ3n) is 7.84. The van der Waals surface area contributed by atoms with Crippen LogP contribution in [-0.4, -0.2) is 69.5 Å². The topological polar surface area (TPSA) is 98.7 Å². The number of unbranched alkanes of at least 4 members (excludes halogenated alkanes) is 2. The van der Waals surface area contributed by atoms with Gasteiger partial charge >= 0.3 is 0 Å². The molecule has 0 aliphatic carbocycles. The fraction of sp³-hybridized carbons (Fsp3) is 0.667. The molecule has 192 valence electrons. The van der Waals surface area contributed by atoms with Crippen molar-refractivity contribution in [2.75, 3.05) is 19.7 Å². The lowest BCUT2D eigenvalue weighted by Crippen LogP contribution is -2.57. The quantitative estimate of drug-likeness (QED) is 0.382. The summed E-state index contributed by atoms with van der Waals surface area (Å²) >= 11 is 1.68. The molecule has 6 atom stereocenters. The van der Waals surface area contributed by atoms with E-state index in [4.69, 9.17) is 0 Å². The molecule has 0 radical (unpaired) electrons. The second kappa shape index (κ2) is 11.3. The van der Waals surface area contributed by atoms with E-state index in [2.05, 4.69) is 17.6 Å². The van der Waals surface area contributed by atoms with Gasteiger partial charge in [-0.05, 0) is 37.7 Å². The first-order valence-corrected chi connectivity index (χ1v) is 14.1. The minimum absolute atomic E-state index is 0.0556. The van der Waals surface area contributed by atoms with E-state index in [-0.39, 0.29) is 29.6 Å². The van der Waals surface area contributed by atoms with Crippen LogP contribution in [0.3, 0.4) is 0 Å². The lowest BCUT2D eigenvalue weighted by molar-refractivity contribution is -0.142. The van der Waals surface area contributed by atoms with Crippen LogP contribution in [0.2, 0.25) is 0 Å². The summed E-state index contributed by atoms with van der Waals surface area (Å²) in [4.78, 5) is 42.6. The molecule has 8 heteroatoms. The number of benzene rings is 1. The Labute approximate surface area is 212 Å². The highest BCUT2D eigenvalue weighted by atomic mass is 32.2. The molecule has 0 aromatic heterocycles. The first-order chi connectivity index (χ1) is 17.0. The van der Waals surface area contributed by atoms with Gasteiger partial charge in [-0.1, -0.05) is 57.0 Å². The second-order valence-electron chi connectivity index (χ2n) is 10.1. The van der Waals surface area contributed by atoms with Crippen LogP contribution >= 0.6 is 11.8 Å². The summed E-state index contributed by atoms with van der Waals surface area (Å²) in [7, 11) is 0. The molecule has 2 unspecified atom stereocenters. The minimum atomic E-state index is -0.679. The normalized spacial score (nSPS) is 29.8. The molecule has 3 N–H and O–H groups in total. The number of aliphatic hydroxyl groups excluding tert-OH is 1. The third-order valence-corrected chi connectivity index (χ3v) is 9.79. The molecule has 3 amide bonds. The maximum absolute atomic E-state index is 14.1. The average Bonchev–Trinajstić information content (AvgIpc) is 3.51. The van der Waals surface area contributed by atoms with Crippen molar-refractivity contribution in [3.05, 3.63) is 35.9 Å². The Hall–Kier alpha value is -2.06. The standard InChI is InChI=1S/C27H39N3O4S/c1-3-5-9-15-29-25(33)23-27-13-12-20(35-27)21(24(32)28-14-4-2)22(27)26(34)30(23)19(17-31)16-18-10-7-6-8-11-18/h6-8,10-11,19-23,31H,3-5,9,12-17H2,1-2H3,(H,28,32)(H,29,33)/t19-,20+,21-,22+,23?,27?/m1/s1. The number of hydrogen-bond acceptors (Lipinski definition) is 5. The number of rotatable bonds is 12. The molecule has 7 nitrogen and oxygen atoms in total. The van der Waals surface area contributed by atoms with E-state index in [1.165, 1.54) is 0 Å². The van der Waals surface area contributed by atoms with Crippen molar-refractivity contribution in [1.82, 2.24) is 15.5 Å². The van der Waals surface area contributed by atoms with Gasteiger partial charge in [-0.25, -0.2) is 0 Å². The van der Waals surface area contributed by atoms with E-state index in [9.17, 15) is 19.5 Å². The zero-order chi connectivity index (χ0) is 25.0. The van der Waals surface area contributed by atoms with Crippen molar-refractivity contribution in [2.45, 2.75) is 80.9 Å². The first-order valence-electron chi connectivity index (χ1n) is 13.2. The predicted octanol–water partition coefficient (Wildman–Crippen LogP) is 2.51. The van der Waals surface area contributed by atoms with Gasteiger partial charge < -0.3 is 20.6 Å². The average molecular weight is 502 g/mol. The van der Waals surface area contributed by atoms with Crippen molar-refractivity contribution in [2.24, 2.45) is 11.8 Å². The smallest absolute Gasteiger partial charge is 0.244 e. The van der Waals surface area contributed by atoms with E-state index in [1.54, 1.807) is 16.7 Å². The van der Waals surface area contributed by atoms with Crippen molar-refractivity contribution < 1.29 is 19.5 Å². The summed E-state index contributed by atoms with van der Waals surface area (Å²) in [6, 6.07) is 8.56. The zero-order valence-electron chi connectivity index (χ0n) is 20.9. The van der Waals surface area contributed by atoms with Crippen LogP contribution in [0.1, 0.15) is 57.9 Å². The molecule has 2 bridgehead atoms. The highest BCUT2D eigenvalue weighted by Crippen LogP contribution is 2.66. The molecule has 0 saturated carbocycles. The molecule has 3 aliphatic rings. The molecule has 1 spiro atoms. The van der Waals surface area contributed by atoms with Crippen LogP contribution in [0.25, 0.3) is 0 Å². The summed E-state index contributed by atoms with van der Waals surface area (Å²) in [5.41, 5.74) is 1.00. The Morgan fingerprint density at radius 3 is 2.54 bits per heavy atom. The summed E-state index contributed by atoms with van der Waals surface area (Å²) in [5, 5.41) is 16.6. The largest absolute Gasteiger partial charge is 0.394 e. The Balaban J connectivity index is 1.66. The van der Waals surface area contributed by atoms with Crippen LogP contribution in [0.5, 0.6) is 0 Å². The fourth-order valence-corrected chi connectivity index (χ4v) is 8.48. The van der Waals surface area contributed by atoms with Crippen LogP contribution in [0, 0.1) is 11.8 Å². The zero-order valence-corrected chi connectivity index (χ0v) is 21.7. The molecule has 3 heterocycles. The van der Waals surface area contributed by atoms with Gasteiger partial charge in [-0.3, -0.25) is 14.4 Å². The number of likely N-dealkylation sites (tertiary alicyclic amines) is 1. The number of aliphatic hydroxyl groups is 1. The van der Waals surface area contributed by atoms with Crippen molar-refractivity contribution in [1.29, 1.82) is 0 Å². The fourth-order valence-electron chi connectivity index (χ4n) is 6.27. The molecular weight excluding hydrogens is 462 g/mol. The highest BCUT2D eigenvalue weighted by molar-refractivity contribution is 8.02. The number of fused-ring (bicyclic) bond motifs is 1. The van der Waals surface area contributed by atoms with Gasteiger partial charge in [0.2, 0.25) is 17.7 Å². The Bertz CT molecular complexity index is 913. The summed E-state index contributed by atoms with van der Waals surface area (Å²) < 4.78 is -0.616. The van der Waals surface area contributed by atoms with E-state index < -0.39 is 28.7 Å². The molecule has 3 aliphatic heterocycles. The van der Waals surface area contributed by atoms with Crippen LogP contribution in [0.15, 0.2) is 30.3 Å². The first kappa shape index (κ1) is 26.0. The number of thioether (sulfide) groups is 1. The molecule has 4 rings (SSSR count). The summed E-state index contributed by atoms with van der Waals surface area (Å²) in [6.07, 6.45) is 5.85. The van der Waals surface area contributed by atoms with Gasteiger partial charge in [0.25, 0.3) is 0 Å². The maximum Gasteiger partial charge on any atom is 0.244 e. The second-order valence-corrected chi connectivity index (χ2v) is 11.7. The Morgan fingerprint density at radius 1 is 1.11 bits per heavy atom. The van der Waals surface area contributed by atoms with Gasteiger partial charge in [0.05, 0.1) is 29.2 Å². The highest BCUT2D eigenvalue weighted by Gasteiger charge is 2.74. The number of nitrogens with one attached hydrogen (secondary N) is 2. The van der Waals surface area contributed by atoms with E-state index >= 15 is 0 Å². The Kier molecular flexibility index (Phi) is 8.42. The van der Waals surface area contributed by atoms with Crippen LogP contribution < -0.4 is 10.6 Å². The van der Waals surface area contributed by atoms with Crippen molar-refractivity contribution in [3.8, 4) is 0 Å². The number of carbonyl (C=O) groups excluding carboxylic acids is 3. The predicted molar refractivity (Wildman–Crippen MR) is 138 cm³/mol. The number of nitrogens with zero attached hydrogens (tertiary/aromatic N) is 1. The van der Waals surface area contributed by atoms with Gasteiger partial charge in [0, 0.05) is 18.3 Å². The van der Waals surface area contributed by atoms with Crippen molar-refractivity contribution >= 4 is 29.5 Å². The summed E-state index contributed by atoms with van der Waals surface area (Å²) in [6.45, 7) is 5.05. The third kappa shape index (κ3) is 4.84. The molecule has 3 saturated heterocycles. The van der Waals surface area contributed by atoms with Gasteiger partial charge in [-0.15, -0.1) is 11.8 Å². The number of hydrogen-bond donors (Lipinski definition) is 3. The van der Waals surface area contributed by atoms with Crippen LogP contribution in [0.4, 0.5) is 0 Å². The number of carbonyl (C=O) groups is 3.